The monoisotopic (exact) mass is 411 g/mol. The molecule has 1 aromatic carbocycles. The second-order valence-corrected chi connectivity index (χ2v) is 7.71. The van der Waals surface area contributed by atoms with Crippen LogP contribution in [0.3, 0.4) is 0 Å². The summed E-state index contributed by atoms with van der Waals surface area (Å²) in [7, 11) is 1.70. The first-order valence-electron chi connectivity index (χ1n) is 9.61. The lowest BCUT2D eigenvalue weighted by atomic mass is 9.94. The molecule has 2 aromatic heterocycles. The number of aliphatic imine (C=N–C) groups is 1. The van der Waals surface area contributed by atoms with Gasteiger partial charge in [-0.2, -0.15) is 0 Å². The quantitative estimate of drug-likeness (QED) is 0.468. The van der Waals surface area contributed by atoms with Crippen LogP contribution in [0.15, 0.2) is 58.2 Å². The molecule has 0 aliphatic rings. The highest BCUT2D eigenvalue weighted by Gasteiger charge is 2.19. The van der Waals surface area contributed by atoms with E-state index in [1.807, 2.05) is 6.07 Å². The van der Waals surface area contributed by atoms with E-state index in [0.717, 1.165) is 11.3 Å². The van der Waals surface area contributed by atoms with Crippen LogP contribution in [0.25, 0.3) is 0 Å². The molecule has 0 saturated carbocycles. The molecule has 0 saturated heterocycles. The van der Waals surface area contributed by atoms with Gasteiger partial charge in [-0.15, -0.1) is 0 Å². The minimum absolute atomic E-state index is 0.0786. The maximum absolute atomic E-state index is 13.0. The van der Waals surface area contributed by atoms with E-state index in [1.165, 1.54) is 12.1 Å². The molecule has 0 atom stereocenters. The third-order valence-corrected chi connectivity index (χ3v) is 4.22. The van der Waals surface area contributed by atoms with Gasteiger partial charge in [0.15, 0.2) is 5.96 Å². The van der Waals surface area contributed by atoms with Crippen LogP contribution in [-0.2, 0) is 18.5 Å². The van der Waals surface area contributed by atoms with Crippen molar-refractivity contribution in [2.24, 2.45) is 4.99 Å². The zero-order valence-electron chi connectivity index (χ0n) is 17.6. The van der Waals surface area contributed by atoms with E-state index in [1.54, 1.807) is 37.6 Å². The van der Waals surface area contributed by atoms with Crippen LogP contribution in [0.2, 0.25) is 0 Å². The van der Waals surface area contributed by atoms with Gasteiger partial charge >= 0.3 is 0 Å². The van der Waals surface area contributed by atoms with Gasteiger partial charge in [0.25, 0.3) is 0 Å². The van der Waals surface area contributed by atoms with E-state index in [-0.39, 0.29) is 11.2 Å². The molecule has 0 unspecified atom stereocenters. The Balaban J connectivity index is 1.48. The molecule has 0 radical (unpaired) electrons. The lowest BCUT2D eigenvalue weighted by Crippen LogP contribution is -2.36. The fourth-order valence-electron chi connectivity index (χ4n) is 2.50. The van der Waals surface area contributed by atoms with E-state index < -0.39 is 0 Å². The van der Waals surface area contributed by atoms with Gasteiger partial charge < -0.3 is 19.8 Å². The molecule has 0 aliphatic carbocycles. The zero-order chi connectivity index (χ0) is 21.6. The molecule has 0 aliphatic heterocycles. The number of pyridine rings is 1. The van der Waals surface area contributed by atoms with E-state index in [4.69, 9.17) is 9.15 Å². The van der Waals surface area contributed by atoms with Gasteiger partial charge in [0.05, 0.1) is 12.7 Å². The fourth-order valence-corrected chi connectivity index (χ4v) is 2.50. The Hall–Kier alpha value is -3.42. The predicted octanol–water partition coefficient (Wildman–Crippen LogP) is 4.16. The van der Waals surface area contributed by atoms with E-state index in [2.05, 4.69) is 46.4 Å². The smallest absolute Gasteiger partial charge is 0.219 e. The number of hydrogen-bond acceptors (Lipinski definition) is 5. The van der Waals surface area contributed by atoms with Crippen molar-refractivity contribution in [3.63, 3.8) is 0 Å². The Morgan fingerprint density at radius 3 is 2.37 bits per heavy atom. The highest BCUT2D eigenvalue weighted by molar-refractivity contribution is 5.79. The Bertz CT molecular complexity index is 976. The Labute approximate surface area is 175 Å². The van der Waals surface area contributed by atoms with E-state index in [0.29, 0.717) is 36.6 Å². The summed E-state index contributed by atoms with van der Waals surface area (Å²) in [5.41, 5.74) is 0.876. The molecular formula is C22H26FN5O2. The molecule has 2 heterocycles. The Morgan fingerprint density at radius 1 is 1.03 bits per heavy atom. The zero-order valence-corrected chi connectivity index (χ0v) is 17.6. The summed E-state index contributed by atoms with van der Waals surface area (Å²) in [6, 6.07) is 9.46. The van der Waals surface area contributed by atoms with Gasteiger partial charge in [0, 0.05) is 31.3 Å². The summed E-state index contributed by atoms with van der Waals surface area (Å²) in [5.74, 6) is 2.73. The van der Waals surface area contributed by atoms with Gasteiger partial charge in [-0.25, -0.2) is 14.4 Å². The molecule has 3 rings (SSSR count). The van der Waals surface area contributed by atoms with Crippen molar-refractivity contribution in [1.29, 1.82) is 0 Å². The molecule has 7 nitrogen and oxygen atoms in total. The van der Waals surface area contributed by atoms with Crippen molar-refractivity contribution in [2.75, 3.05) is 7.05 Å². The summed E-state index contributed by atoms with van der Waals surface area (Å²) in [4.78, 5) is 12.8. The summed E-state index contributed by atoms with van der Waals surface area (Å²) in [6.45, 7) is 7.19. The average Bonchev–Trinajstić information content (AvgIpc) is 3.21. The Morgan fingerprint density at radius 2 is 1.77 bits per heavy atom. The average molecular weight is 411 g/mol. The Kier molecular flexibility index (Phi) is 6.66. The number of halogens is 1. The minimum atomic E-state index is -0.309. The second-order valence-electron chi connectivity index (χ2n) is 7.71. The largest absolute Gasteiger partial charge is 0.443 e. The number of aromatic nitrogens is 2. The number of guanidine groups is 1. The van der Waals surface area contributed by atoms with Crippen LogP contribution in [-0.4, -0.2) is 23.0 Å². The number of hydrogen-bond donors (Lipinski definition) is 2. The molecule has 3 aromatic rings. The number of nitrogens with zero attached hydrogens (tertiary/aromatic N) is 3. The number of rotatable bonds is 6. The third-order valence-electron chi connectivity index (χ3n) is 4.22. The molecule has 30 heavy (non-hydrogen) atoms. The van der Waals surface area contributed by atoms with Crippen LogP contribution in [0.5, 0.6) is 11.6 Å². The van der Waals surface area contributed by atoms with Gasteiger partial charge in [-0.1, -0.05) is 26.8 Å². The van der Waals surface area contributed by atoms with Crippen LogP contribution < -0.4 is 15.4 Å². The molecule has 158 valence electrons. The normalized spacial score (nSPS) is 12.0. The van der Waals surface area contributed by atoms with Crippen LogP contribution >= 0.6 is 0 Å². The standard InChI is InChI=1S/C22H26FN5O2/c1-22(2,3)18-13-26-20(30-18)14-28-21(24-4)27-12-15-5-10-19(25-11-15)29-17-8-6-16(23)7-9-17/h5-11,13H,12,14H2,1-4H3,(H2,24,27,28). The summed E-state index contributed by atoms with van der Waals surface area (Å²) in [6.07, 6.45) is 3.47. The first-order chi connectivity index (χ1) is 14.3. The first-order valence-corrected chi connectivity index (χ1v) is 9.61. The molecule has 0 fully saturated rings. The van der Waals surface area contributed by atoms with Crippen LogP contribution in [0.4, 0.5) is 4.39 Å². The van der Waals surface area contributed by atoms with Crippen LogP contribution in [0.1, 0.15) is 38.0 Å². The SMILES string of the molecule is CN=C(NCc1ccc(Oc2ccc(F)cc2)nc1)NCc1ncc(C(C)(C)C)o1. The lowest BCUT2D eigenvalue weighted by Gasteiger charge is -2.13. The van der Waals surface area contributed by atoms with Crippen molar-refractivity contribution in [3.8, 4) is 11.6 Å². The second kappa shape index (κ2) is 9.39. The van der Waals surface area contributed by atoms with Gasteiger partial charge in [-0.05, 0) is 29.8 Å². The minimum Gasteiger partial charge on any atom is -0.443 e. The fraction of sp³-hybridized carbons (Fsp3) is 0.318. The van der Waals surface area contributed by atoms with Gasteiger partial charge in [0.1, 0.15) is 17.3 Å². The topological polar surface area (TPSA) is 84.6 Å². The van der Waals surface area contributed by atoms with Crippen molar-refractivity contribution in [3.05, 3.63) is 71.8 Å². The highest BCUT2D eigenvalue weighted by Crippen LogP contribution is 2.22. The number of oxazole rings is 1. The molecule has 0 amide bonds. The predicted molar refractivity (Wildman–Crippen MR) is 113 cm³/mol. The number of nitrogens with one attached hydrogen (secondary N) is 2. The highest BCUT2D eigenvalue weighted by atomic mass is 19.1. The summed E-state index contributed by atoms with van der Waals surface area (Å²) >= 11 is 0. The van der Waals surface area contributed by atoms with Gasteiger partial charge in [0.2, 0.25) is 11.8 Å². The third kappa shape index (κ3) is 6.04. The van der Waals surface area contributed by atoms with Gasteiger partial charge in [-0.3, -0.25) is 4.99 Å². The van der Waals surface area contributed by atoms with Crippen molar-refractivity contribution >= 4 is 5.96 Å². The molecule has 8 heteroatoms. The van der Waals surface area contributed by atoms with Crippen molar-refractivity contribution in [1.82, 2.24) is 20.6 Å². The van der Waals surface area contributed by atoms with Crippen molar-refractivity contribution in [2.45, 2.75) is 39.3 Å². The molecule has 2 N–H and O–H groups in total. The lowest BCUT2D eigenvalue weighted by molar-refractivity contribution is 0.379. The van der Waals surface area contributed by atoms with E-state index >= 15 is 0 Å². The number of benzene rings is 1. The number of ether oxygens (including phenoxy) is 1. The van der Waals surface area contributed by atoms with E-state index in [9.17, 15) is 4.39 Å². The molecular weight excluding hydrogens is 385 g/mol. The summed E-state index contributed by atoms with van der Waals surface area (Å²) in [5, 5.41) is 6.39. The maximum Gasteiger partial charge on any atom is 0.219 e. The maximum atomic E-state index is 13.0. The van der Waals surface area contributed by atoms with Crippen molar-refractivity contribution < 1.29 is 13.5 Å². The summed E-state index contributed by atoms with van der Waals surface area (Å²) < 4.78 is 24.3. The molecule has 0 bridgehead atoms. The first kappa shape index (κ1) is 21.3. The molecule has 0 spiro atoms. The van der Waals surface area contributed by atoms with Crippen LogP contribution in [0, 0.1) is 5.82 Å².